The minimum Gasteiger partial charge on any atom is -0.480 e. The lowest BCUT2D eigenvalue weighted by molar-refractivity contribution is -0.150. The first-order valence-electron chi connectivity index (χ1n) is 10.6. The van der Waals surface area contributed by atoms with Crippen LogP contribution in [-0.2, 0) is 25.5 Å². The molecule has 1 aromatic rings. The van der Waals surface area contributed by atoms with Crippen LogP contribution in [0.3, 0.4) is 0 Å². The Balaban J connectivity index is 0.00000363. The van der Waals surface area contributed by atoms with E-state index in [0.29, 0.717) is 25.8 Å². The first-order chi connectivity index (χ1) is 14.8. The molecule has 2 heterocycles. The maximum absolute atomic E-state index is 13.2. The second-order valence-corrected chi connectivity index (χ2v) is 11.1. The summed E-state index contributed by atoms with van der Waals surface area (Å²) in [6.45, 7) is 4.11. The third-order valence-electron chi connectivity index (χ3n) is 5.63. The van der Waals surface area contributed by atoms with Crippen LogP contribution in [0.2, 0.25) is 0 Å². The summed E-state index contributed by atoms with van der Waals surface area (Å²) in [5.41, 5.74) is 1.10. The number of carboxylic acid groups (broad SMARTS) is 1. The Kier molecular flexibility index (Phi) is 10.2. The van der Waals surface area contributed by atoms with Crippen LogP contribution in [0.15, 0.2) is 30.3 Å². The SMILES string of the molecule is CCOC(=O)C(CCc1ccccc1)N[C@@H](C)C(=O)N1CC2(C[C@H]1C(=O)O)SCCS2.Cl. The molecule has 0 aliphatic carbocycles. The van der Waals surface area contributed by atoms with E-state index in [4.69, 9.17) is 4.74 Å². The van der Waals surface area contributed by atoms with E-state index in [-0.39, 0.29) is 29.0 Å². The minimum atomic E-state index is -0.975. The number of rotatable bonds is 9. The molecule has 178 valence electrons. The van der Waals surface area contributed by atoms with Crippen molar-refractivity contribution >= 4 is 53.8 Å². The summed E-state index contributed by atoms with van der Waals surface area (Å²) in [7, 11) is 0. The second kappa shape index (κ2) is 12.2. The number of aliphatic carboxylic acids is 1. The molecule has 32 heavy (non-hydrogen) atoms. The summed E-state index contributed by atoms with van der Waals surface area (Å²) >= 11 is 3.50. The molecule has 2 saturated heterocycles. The van der Waals surface area contributed by atoms with E-state index < -0.39 is 30.1 Å². The van der Waals surface area contributed by atoms with Gasteiger partial charge in [0.25, 0.3) is 0 Å². The zero-order valence-corrected chi connectivity index (χ0v) is 20.8. The van der Waals surface area contributed by atoms with E-state index in [1.165, 1.54) is 4.90 Å². The Bertz CT molecular complexity index is 792. The fourth-order valence-corrected chi connectivity index (χ4v) is 7.34. The molecule has 2 N–H and O–H groups in total. The molecule has 0 saturated carbocycles. The van der Waals surface area contributed by atoms with Gasteiger partial charge in [0.15, 0.2) is 0 Å². The molecular formula is C22H31ClN2O5S2. The van der Waals surface area contributed by atoms with Gasteiger partial charge in [-0.25, -0.2) is 4.79 Å². The number of amides is 1. The standard InChI is InChI=1S/C22H30N2O5S2.ClH/c1-3-29-21(28)17(10-9-16-7-5-4-6-8-16)23-15(2)19(25)24-14-22(30-11-12-31-22)13-18(24)20(26)27;/h4-8,15,17-18,23H,3,9-14H2,1-2H3,(H,26,27);1H/t15-,17?,18-;/m0./s1. The predicted molar refractivity (Wildman–Crippen MR) is 130 cm³/mol. The van der Waals surface area contributed by atoms with Crippen LogP contribution in [0, 0.1) is 0 Å². The average Bonchev–Trinajstić information content (AvgIpc) is 3.38. The Morgan fingerprint density at radius 2 is 1.91 bits per heavy atom. The topological polar surface area (TPSA) is 95.9 Å². The first-order valence-corrected chi connectivity index (χ1v) is 12.6. The molecule has 2 aliphatic heterocycles. The number of hydrogen-bond acceptors (Lipinski definition) is 7. The Morgan fingerprint density at radius 1 is 1.25 bits per heavy atom. The highest BCUT2D eigenvalue weighted by atomic mass is 35.5. The molecular weight excluding hydrogens is 472 g/mol. The molecule has 0 radical (unpaired) electrons. The molecule has 3 rings (SSSR count). The van der Waals surface area contributed by atoms with Crippen LogP contribution >= 0.6 is 35.9 Å². The van der Waals surface area contributed by atoms with Gasteiger partial charge >= 0.3 is 11.9 Å². The van der Waals surface area contributed by atoms with Crippen LogP contribution in [0.25, 0.3) is 0 Å². The summed E-state index contributed by atoms with van der Waals surface area (Å²) < 4.78 is 4.98. The normalized spacial score (nSPS) is 21.1. The van der Waals surface area contributed by atoms with Crippen molar-refractivity contribution < 1.29 is 24.2 Å². The first kappa shape index (κ1) is 26.8. The lowest BCUT2D eigenvalue weighted by Crippen LogP contribution is -2.53. The maximum atomic E-state index is 13.2. The van der Waals surface area contributed by atoms with Crippen LogP contribution < -0.4 is 5.32 Å². The van der Waals surface area contributed by atoms with Crippen molar-refractivity contribution in [1.29, 1.82) is 0 Å². The number of carbonyl (C=O) groups is 3. The number of esters is 1. The summed E-state index contributed by atoms with van der Waals surface area (Å²) in [6.07, 6.45) is 1.60. The number of carbonyl (C=O) groups excluding carboxylic acids is 2. The van der Waals surface area contributed by atoms with E-state index in [1.807, 2.05) is 30.3 Å². The lowest BCUT2D eigenvalue weighted by Gasteiger charge is -2.28. The number of benzene rings is 1. The number of likely N-dealkylation sites (tertiary alicyclic amines) is 1. The van der Waals surface area contributed by atoms with E-state index in [2.05, 4.69) is 5.32 Å². The van der Waals surface area contributed by atoms with Crippen LogP contribution in [0.1, 0.15) is 32.3 Å². The molecule has 0 bridgehead atoms. The quantitative estimate of drug-likeness (QED) is 0.498. The number of halogens is 1. The van der Waals surface area contributed by atoms with Crippen LogP contribution in [0.4, 0.5) is 0 Å². The summed E-state index contributed by atoms with van der Waals surface area (Å²) in [5, 5.41) is 12.8. The van der Waals surface area contributed by atoms with Gasteiger partial charge in [-0.05, 0) is 32.3 Å². The number of thioether (sulfide) groups is 2. The van der Waals surface area contributed by atoms with Crippen molar-refractivity contribution in [3.05, 3.63) is 35.9 Å². The fraction of sp³-hybridized carbons (Fsp3) is 0.591. The Labute approximate surface area is 203 Å². The van der Waals surface area contributed by atoms with Gasteiger partial charge in [-0.3, -0.25) is 14.9 Å². The van der Waals surface area contributed by atoms with Gasteiger partial charge in [0, 0.05) is 24.5 Å². The van der Waals surface area contributed by atoms with Crippen molar-refractivity contribution in [2.45, 2.75) is 55.3 Å². The minimum absolute atomic E-state index is 0. The van der Waals surface area contributed by atoms with Gasteiger partial charge in [0.05, 0.1) is 16.7 Å². The molecule has 7 nitrogen and oxygen atoms in total. The van der Waals surface area contributed by atoms with Crippen LogP contribution in [-0.4, -0.2) is 74.7 Å². The molecule has 1 amide bonds. The third kappa shape index (κ3) is 6.56. The van der Waals surface area contributed by atoms with E-state index in [9.17, 15) is 19.5 Å². The van der Waals surface area contributed by atoms with Crippen molar-refractivity contribution in [3.63, 3.8) is 0 Å². The third-order valence-corrected chi connectivity index (χ3v) is 9.06. The molecule has 2 fully saturated rings. The number of hydrogen-bond donors (Lipinski definition) is 2. The molecule has 3 atom stereocenters. The summed E-state index contributed by atoms with van der Waals surface area (Å²) in [4.78, 5) is 39.1. The van der Waals surface area contributed by atoms with E-state index >= 15 is 0 Å². The van der Waals surface area contributed by atoms with Crippen LogP contribution in [0.5, 0.6) is 0 Å². The smallest absolute Gasteiger partial charge is 0.326 e. The fourth-order valence-electron chi connectivity index (χ4n) is 4.09. The number of nitrogens with one attached hydrogen (secondary N) is 1. The maximum Gasteiger partial charge on any atom is 0.326 e. The van der Waals surface area contributed by atoms with Gasteiger partial charge in [-0.15, -0.1) is 35.9 Å². The predicted octanol–water partition coefficient (Wildman–Crippen LogP) is 2.81. The molecule has 0 aromatic heterocycles. The highest BCUT2D eigenvalue weighted by Gasteiger charge is 2.52. The number of ether oxygens (including phenoxy) is 1. The Morgan fingerprint density at radius 3 is 2.50 bits per heavy atom. The number of carboxylic acids is 1. The van der Waals surface area contributed by atoms with Gasteiger partial charge < -0.3 is 14.7 Å². The van der Waals surface area contributed by atoms with Gasteiger partial charge in [-0.1, -0.05) is 30.3 Å². The summed E-state index contributed by atoms with van der Waals surface area (Å²) in [5.74, 6) is 0.282. The molecule has 1 spiro atoms. The molecule has 10 heteroatoms. The van der Waals surface area contributed by atoms with Crippen molar-refractivity contribution in [3.8, 4) is 0 Å². The molecule has 1 unspecified atom stereocenters. The molecule has 2 aliphatic rings. The van der Waals surface area contributed by atoms with Gasteiger partial charge in [-0.2, -0.15) is 0 Å². The summed E-state index contributed by atoms with van der Waals surface area (Å²) in [6, 6.07) is 7.65. The monoisotopic (exact) mass is 502 g/mol. The largest absolute Gasteiger partial charge is 0.480 e. The highest BCUT2D eigenvalue weighted by Crippen LogP contribution is 2.51. The zero-order valence-electron chi connectivity index (χ0n) is 18.3. The molecule has 1 aromatic carbocycles. The van der Waals surface area contributed by atoms with E-state index in [1.54, 1.807) is 37.4 Å². The number of aryl methyl sites for hydroxylation is 1. The van der Waals surface area contributed by atoms with Crippen molar-refractivity contribution in [1.82, 2.24) is 10.2 Å². The van der Waals surface area contributed by atoms with E-state index in [0.717, 1.165) is 17.1 Å². The van der Waals surface area contributed by atoms with Gasteiger partial charge in [0.1, 0.15) is 12.1 Å². The second-order valence-electron chi connectivity index (χ2n) is 7.85. The van der Waals surface area contributed by atoms with Crippen molar-refractivity contribution in [2.75, 3.05) is 24.7 Å². The zero-order chi connectivity index (χ0) is 22.4. The van der Waals surface area contributed by atoms with Crippen molar-refractivity contribution in [2.24, 2.45) is 0 Å². The highest BCUT2D eigenvalue weighted by molar-refractivity contribution is 8.21. The van der Waals surface area contributed by atoms with Gasteiger partial charge in [0.2, 0.25) is 5.91 Å². The lowest BCUT2D eigenvalue weighted by atomic mass is 10.0. The Hall–Kier alpha value is -1.42. The number of nitrogens with zero attached hydrogens (tertiary/aromatic N) is 1. The average molecular weight is 503 g/mol.